The van der Waals surface area contributed by atoms with Gasteiger partial charge in [-0.25, -0.2) is 0 Å². The Morgan fingerprint density at radius 2 is 1.90 bits per heavy atom. The molecule has 52 valence electrons. The molecule has 1 aromatic carbocycles. The van der Waals surface area contributed by atoms with Crippen LogP contribution in [0.1, 0.15) is 19.4 Å². The van der Waals surface area contributed by atoms with E-state index in [0.29, 0.717) is 5.92 Å². The molecule has 0 aliphatic rings. The van der Waals surface area contributed by atoms with Crippen LogP contribution >= 0.6 is 0 Å². The highest BCUT2D eigenvalue weighted by molar-refractivity contribution is 5.11. The van der Waals surface area contributed by atoms with Crippen molar-refractivity contribution in [2.75, 3.05) is 0 Å². The second kappa shape index (κ2) is 3.40. The van der Waals surface area contributed by atoms with E-state index in [-0.39, 0.29) is 0 Å². The Labute approximate surface area is 62.9 Å². The molecule has 0 heterocycles. The van der Waals surface area contributed by atoms with Crippen molar-refractivity contribution in [2.24, 2.45) is 5.92 Å². The maximum absolute atomic E-state index is 3.14. The topological polar surface area (TPSA) is 0 Å². The standard InChI is InChI=1S/C10H12/c1-9(2)8-10-6-4-3-5-7-10/h3-5,9H,8H2,1-2H3. The van der Waals surface area contributed by atoms with Crippen LogP contribution in [-0.2, 0) is 6.42 Å². The van der Waals surface area contributed by atoms with Crippen LogP contribution in [0.2, 0.25) is 0 Å². The number of benzene rings is 1. The van der Waals surface area contributed by atoms with E-state index in [0.717, 1.165) is 6.42 Å². The zero-order valence-electron chi connectivity index (χ0n) is 6.52. The van der Waals surface area contributed by atoms with Crippen LogP contribution in [-0.4, -0.2) is 0 Å². The number of rotatable bonds is 2. The monoisotopic (exact) mass is 132 g/mol. The van der Waals surface area contributed by atoms with Crippen LogP contribution in [0, 0.1) is 18.1 Å². The fourth-order valence-electron chi connectivity index (χ4n) is 0.913. The van der Waals surface area contributed by atoms with Crippen LogP contribution in [0.25, 0.3) is 0 Å². The molecule has 0 heteroatoms. The van der Waals surface area contributed by atoms with Gasteiger partial charge in [-0.05, 0) is 30.0 Å². The third-order valence-corrected chi connectivity index (χ3v) is 1.32. The SMILES string of the molecule is CC(C)Cc1[c]ccc[c]1. The molecule has 0 saturated heterocycles. The molecule has 0 bridgehead atoms. The van der Waals surface area contributed by atoms with Gasteiger partial charge in [-0.3, -0.25) is 0 Å². The number of hydrogen-bond acceptors (Lipinski definition) is 0. The van der Waals surface area contributed by atoms with E-state index >= 15 is 0 Å². The molecule has 0 atom stereocenters. The lowest BCUT2D eigenvalue weighted by molar-refractivity contribution is 0.646. The Morgan fingerprint density at radius 1 is 1.30 bits per heavy atom. The maximum Gasteiger partial charge on any atom is -0.0143 e. The summed E-state index contributed by atoms with van der Waals surface area (Å²) in [5, 5.41) is 0. The van der Waals surface area contributed by atoms with Gasteiger partial charge in [0.15, 0.2) is 0 Å². The molecular weight excluding hydrogens is 120 g/mol. The van der Waals surface area contributed by atoms with Crippen molar-refractivity contribution in [3.8, 4) is 0 Å². The summed E-state index contributed by atoms with van der Waals surface area (Å²) >= 11 is 0. The fourth-order valence-corrected chi connectivity index (χ4v) is 0.913. The molecule has 0 fully saturated rings. The van der Waals surface area contributed by atoms with Gasteiger partial charge in [-0.1, -0.05) is 32.0 Å². The molecule has 0 aliphatic carbocycles. The third-order valence-electron chi connectivity index (χ3n) is 1.32. The molecule has 10 heavy (non-hydrogen) atoms. The molecule has 1 rings (SSSR count). The van der Waals surface area contributed by atoms with Crippen LogP contribution in [0.5, 0.6) is 0 Å². The summed E-state index contributed by atoms with van der Waals surface area (Å²) in [4.78, 5) is 0. The average molecular weight is 132 g/mol. The van der Waals surface area contributed by atoms with Gasteiger partial charge in [0.25, 0.3) is 0 Å². The Bertz CT molecular complexity index is 174. The number of hydrogen-bond donors (Lipinski definition) is 0. The molecular formula is C10H12. The second-order valence-corrected chi connectivity index (χ2v) is 2.89. The Kier molecular flexibility index (Phi) is 2.49. The largest absolute Gasteiger partial charge is 0.0625 e. The van der Waals surface area contributed by atoms with E-state index in [1.54, 1.807) is 0 Å². The maximum atomic E-state index is 3.14. The fraction of sp³-hybridized carbons (Fsp3) is 0.400. The zero-order chi connectivity index (χ0) is 7.40. The van der Waals surface area contributed by atoms with Gasteiger partial charge >= 0.3 is 0 Å². The van der Waals surface area contributed by atoms with E-state index in [2.05, 4.69) is 26.0 Å². The van der Waals surface area contributed by atoms with Crippen molar-refractivity contribution >= 4 is 0 Å². The quantitative estimate of drug-likeness (QED) is 0.580. The smallest absolute Gasteiger partial charge is 0.0143 e. The minimum absolute atomic E-state index is 0.704. The average Bonchev–Trinajstić information content (AvgIpc) is 1.88. The van der Waals surface area contributed by atoms with E-state index < -0.39 is 0 Å². The van der Waals surface area contributed by atoms with E-state index in [9.17, 15) is 0 Å². The highest BCUT2D eigenvalue weighted by Gasteiger charge is 1.95. The Morgan fingerprint density at radius 3 is 2.40 bits per heavy atom. The van der Waals surface area contributed by atoms with Gasteiger partial charge in [0.1, 0.15) is 0 Å². The molecule has 0 N–H and O–H groups in total. The first kappa shape index (κ1) is 7.33. The summed E-state index contributed by atoms with van der Waals surface area (Å²) in [6, 6.07) is 12.1. The van der Waals surface area contributed by atoms with Gasteiger partial charge in [0.2, 0.25) is 0 Å². The molecule has 0 saturated carbocycles. The van der Waals surface area contributed by atoms with Crippen LogP contribution in [0.15, 0.2) is 18.2 Å². The van der Waals surface area contributed by atoms with Crippen molar-refractivity contribution < 1.29 is 0 Å². The second-order valence-electron chi connectivity index (χ2n) is 2.89. The molecule has 0 nitrogen and oxygen atoms in total. The molecule has 2 radical (unpaired) electrons. The highest BCUT2D eigenvalue weighted by atomic mass is 14.0. The van der Waals surface area contributed by atoms with E-state index in [1.807, 2.05) is 18.2 Å². The minimum atomic E-state index is 0.704. The van der Waals surface area contributed by atoms with Gasteiger partial charge in [-0.15, -0.1) is 0 Å². The van der Waals surface area contributed by atoms with Crippen molar-refractivity contribution in [2.45, 2.75) is 20.3 Å². The molecule has 1 aromatic rings. The van der Waals surface area contributed by atoms with Gasteiger partial charge in [0, 0.05) is 0 Å². The molecule has 0 amide bonds. The molecule has 0 aromatic heterocycles. The summed E-state index contributed by atoms with van der Waals surface area (Å²) in [7, 11) is 0. The summed E-state index contributed by atoms with van der Waals surface area (Å²) in [6.07, 6.45) is 1.08. The summed E-state index contributed by atoms with van der Waals surface area (Å²) in [5.74, 6) is 0.704. The first-order valence-electron chi connectivity index (χ1n) is 3.66. The van der Waals surface area contributed by atoms with Gasteiger partial charge < -0.3 is 0 Å². The lowest BCUT2D eigenvalue weighted by atomic mass is 10.0. The first-order chi connectivity index (χ1) is 4.79. The highest BCUT2D eigenvalue weighted by Crippen LogP contribution is 2.04. The Hall–Kier alpha value is -0.780. The van der Waals surface area contributed by atoms with Crippen LogP contribution < -0.4 is 0 Å². The van der Waals surface area contributed by atoms with Gasteiger partial charge in [-0.2, -0.15) is 0 Å². The molecule has 0 spiro atoms. The third kappa shape index (κ3) is 2.22. The zero-order valence-corrected chi connectivity index (χ0v) is 6.52. The van der Waals surface area contributed by atoms with Crippen LogP contribution in [0.3, 0.4) is 0 Å². The van der Waals surface area contributed by atoms with E-state index in [4.69, 9.17) is 0 Å². The van der Waals surface area contributed by atoms with Crippen molar-refractivity contribution in [1.29, 1.82) is 0 Å². The molecule has 0 aliphatic heterocycles. The van der Waals surface area contributed by atoms with Crippen LogP contribution in [0.4, 0.5) is 0 Å². The van der Waals surface area contributed by atoms with E-state index in [1.165, 1.54) is 5.56 Å². The first-order valence-corrected chi connectivity index (χ1v) is 3.66. The molecule has 0 unspecified atom stereocenters. The van der Waals surface area contributed by atoms with Crippen molar-refractivity contribution in [3.05, 3.63) is 35.9 Å². The van der Waals surface area contributed by atoms with Gasteiger partial charge in [0.05, 0.1) is 0 Å². The summed E-state index contributed by atoms with van der Waals surface area (Å²) in [5.41, 5.74) is 1.19. The normalized spacial score (nSPS) is 10.3. The lowest BCUT2D eigenvalue weighted by Gasteiger charge is -2.01. The predicted octanol–water partition coefficient (Wildman–Crippen LogP) is 2.49. The lowest BCUT2D eigenvalue weighted by Crippen LogP contribution is -1.93. The Balaban J connectivity index is 2.59. The predicted molar refractivity (Wildman–Crippen MR) is 42.7 cm³/mol. The van der Waals surface area contributed by atoms with Crippen molar-refractivity contribution in [1.82, 2.24) is 0 Å². The summed E-state index contributed by atoms with van der Waals surface area (Å²) in [6.45, 7) is 4.41. The summed E-state index contributed by atoms with van der Waals surface area (Å²) < 4.78 is 0. The minimum Gasteiger partial charge on any atom is -0.0625 e. The van der Waals surface area contributed by atoms with Crippen molar-refractivity contribution in [3.63, 3.8) is 0 Å².